The SMILES string of the molecule is CCN1CCC[C@@H]2Cc3c(ccc(OC(=O)NCC(C)(C)C)c3OCOC)C[C@H]21. The lowest BCUT2D eigenvalue weighted by Crippen LogP contribution is -2.49. The van der Waals surface area contributed by atoms with Gasteiger partial charge in [-0.2, -0.15) is 0 Å². The molecule has 162 valence electrons. The number of benzene rings is 1. The maximum absolute atomic E-state index is 12.3. The van der Waals surface area contributed by atoms with Gasteiger partial charge in [-0.15, -0.1) is 0 Å². The zero-order valence-electron chi connectivity index (χ0n) is 18.5. The third-order valence-corrected chi connectivity index (χ3v) is 5.94. The molecular weight excluding hydrogens is 368 g/mol. The lowest BCUT2D eigenvalue weighted by atomic mass is 9.75. The first-order valence-electron chi connectivity index (χ1n) is 10.8. The van der Waals surface area contributed by atoms with Crippen molar-refractivity contribution in [2.45, 2.75) is 59.4 Å². The second-order valence-corrected chi connectivity index (χ2v) is 9.39. The lowest BCUT2D eigenvalue weighted by molar-refractivity contribution is 0.0464. The number of nitrogens with zero attached hydrogens (tertiary/aromatic N) is 1. The number of carbonyl (C=O) groups excluding carboxylic acids is 1. The fraction of sp³-hybridized carbons (Fsp3) is 0.696. The van der Waals surface area contributed by atoms with E-state index in [1.165, 1.54) is 30.5 Å². The highest BCUT2D eigenvalue weighted by molar-refractivity contribution is 5.72. The van der Waals surface area contributed by atoms with Crippen LogP contribution in [0.1, 0.15) is 51.7 Å². The molecule has 6 nitrogen and oxygen atoms in total. The molecular formula is C23H36N2O4. The minimum absolute atomic E-state index is 0.00853. The van der Waals surface area contributed by atoms with E-state index in [4.69, 9.17) is 14.2 Å². The number of amides is 1. The third kappa shape index (κ3) is 5.43. The van der Waals surface area contributed by atoms with Crippen molar-refractivity contribution in [2.24, 2.45) is 11.3 Å². The van der Waals surface area contributed by atoms with Gasteiger partial charge in [-0.05, 0) is 61.7 Å². The van der Waals surface area contributed by atoms with E-state index in [0.29, 0.717) is 30.0 Å². The maximum atomic E-state index is 12.3. The van der Waals surface area contributed by atoms with Gasteiger partial charge in [-0.3, -0.25) is 0 Å². The van der Waals surface area contributed by atoms with Crippen LogP contribution >= 0.6 is 0 Å². The van der Waals surface area contributed by atoms with Crippen LogP contribution < -0.4 is 14.8 Å². The van der Waals surface area contributed by atoms with Crippen molar-refractivity contribution in [1.29, 1.82) is 0 Å². The number of fused-ring (bicyclic) bond motifs is 2. The monoisotopic (exact) mass is 404 g/mol. The molecule has 2 aliphatic rings. The van der Waals surface area contributed by atoms with Crippen LogP contribution in [0.3, 0.4) is 0 Å². The Kier molecular flexibility index (Phi) is 7.06. The number of likely N-dealkylation sites (N-methyl/N-ethyl adjacent to an activating group) is 1. The number of hydrogen-bond acceptors (Lipinski definition) is 5. The Bertz CT molecular complexity index is 714. The first kappa shape index (κ1) is 21.9. The molecule has 3 rings (SSSR count). The minimum atomic E-state index is -0.453. The summed E-state index contributed by atoms with van der Waals surface area (Å²) in [5.74, 6) is 1.74. The van der Waals surface area contributed by atoms with E-state index < -0.39 is 6.09 Å². The smallest absolute Gasteiger partial charge is 0.412 e. The maximum Gasteiger partial charge on any atom is 0.412 e. The summed E-state index contributed by atoms with van der Waals surface area (Å²) in [7, 11) is 1.60. The van der Waals surface area contributed by atoms with Crippen molar-refractivity contribution in [3.63, 3.8) is 0 Å². The van der Waals surface area contributed by atoms with Crippen LogP contribution in [0.2, 0.25) is 0 Å². The van der Waals surface area contributed by atoms with Crippen molar-refractivity contribution < 1.29 is 19.0 Å². The highest BCUT2D eigenvalue weighted by Crippen LogP contribution is 2.42. The van der Waals surface area contributed by atoms with Crippen molar-refractivity contribution in [3.05, 3.63) is 23.3 Å². The summed E-state index contributed by atoms with van der Waals surface area (Å²) in [5, 5.41) is 2.84. The molecule has 1 amide bonds. The molecule has 1 aliphatic carbocycles. The zero-order chi connectivity index (χ0) is 21.0. The summed E-state index contributed by atoms with van der Waals surface area (Å²) in [6.07, 6.45) is 4.00. The molecule has 1 heterocycles. The molecule has 0 saturated carbocycles. The molecule has 1 saturated heterocycles. The van der Waals surface area contributed by atoms with Crippen molar-refractivity contribution in [3.8, 4) is 11.5 Å². The number of rotatable bonds is 6. The zero-order valence-corrected chi connectivity index (χ0v) is 18.5. The van der Waals surface area contributed by atoms with Gasteiger partial charge in [0.2, 0.25) is 0 Å². The predicted octanol–water partition coefficient (Wildman–Crippen LogP) is 4.00. The van der Waals surface area contributed by atoms with Gasteiger partial charge in [-0.1, -0.05) is 33.8 Å². The molecule has 0 aromatic heterocycles. The Morgan fingerprint density at radius 3 is 2.76 bits per heavy atom. The summed E-state index contributed by atoms with van der Waals surface area (Å²) >= 11 is 0. The van der Waals surface area contributed by atoms with E-state index in [-0.39, 0.29) is 12.2 Å². The molecule has 0 radical (unpaired) electrons. The number of ether oxygens (including phenoxy) is 3. The van der Waals surface area contributed by atoms with E-state index in [1.54, 1.807) is 7.11 Å². The molecule has 1 aliphatic heterocycles. The van der Waals surface area contributed by atoms with E-state index in [0.717, 1.165) is 19.4 Å². The average Bonchev–Trinajstić information content (AvgIpc) is 2.69. The first-order valence-corrected chi connectivity index (χ1v) is 10.8. The predicted molar refractivity (Wildman–Crippen MR) is 114 cm³/mol. The highest BCUT2D eigenvalue weighted by Gasteiger charge is 2.36. The fourth-order valence-electron chi connectivity index (χ4n) is 4.52. The van der Waals surface area contributed by atoms with Crippen molar-refractivity contribution in [2.75, 3.05) is 33.5 Å². The van der Waals surface area contributed by atoms with E-state index >= 15 is 0 Å². The van der Waals surface area contributed by atoms with Crippen LogP contribution in [-0.4, -0.2) is 50.6 Å². The molecule has 0 spiro atoms. The Morgan fingerprint density at radius 1 is 1.28 bits per heavy atom. The molecule has 0 unspecified atom stereocenters. The van der Waals surface area contributed by atoms with Gasteiger partial charge in [0.05, 0.1) is 0 Å². The minimum Gasteiger partial charge on any atom is -0.463 e. The van der Waals surface area contributed by atoms with Crippen LogP contribution in [0.5, 0.6) is 11.5 Å². The topological polar surface area (TPSA) is 60.0 Å². The molecule has 0 bridgehead atoms. The van der Waals surface area contributed by atoms with E-state index in [9.17, 15) is 4.79 Å². The van der Waals surface area contributed by atoms with Crippen LogP contribution in [0, 0.1) is 11.3 Å². The van der Waals surface area contributed by atoms with Crippen molar-refractivity contribution in [1.82, 2.24) is 10.2 Å². The Morgan fingerprint density at radius 2 is 2.07 bits per heavy atom. The standard InChI is InChI=1S/C23H36N2O4/c1-6-25-11-7-8-17-12-18-16(13-19(17)25)9-10-20(21(18)28-15-27-5)29-22(26)24-14-23(2,3)4/h9-10,17,19H,6-8,11-15H2,1-5H3,(H,24,26)/t17-,19-/m1/s1. The van der Waals surface area contributed by atoms with E-state index in [1.807, 2.05) is 6.07 Å². The molecule has 1 fully saturated rings. The fourth-order valence-corrected chi connectivity index (χ4v) is 4.52. The number of hydrogen-bond donors (Lipinski definition) is 1. The quantitative estimate of drug-likeness (QED) is 0.726. The Hall–Kier alpha value is -1.79. The average molecular weight is 405 g/mol. The molecule has 1 N–H and O–H groups in total. The number of methoxy groups -OCH3 is 1. The van der Waals surface area contributed by atoms with Gasteiger partial charge in [-0.25, -0.2) is 4.79 Å². The highest BCUT2D eigenvalue weighted by atomic mass is 16.7. The van der Waals surface area contributed by atoms with Gasteiger partial charge in [0.15, 0.2) is 18.3 Å². The molecule has 1 aromatic rings. The second-order valence-electron chi connectivity index (χ2n) is 9.39. The van der Waals surface area contributed by atoms with Gasteiger partial charge >= 0.3 is 6.09 Å². The number of likely N-dealkylation sites (tertiary alicyclic amines) is 1. The third-order valence-electron chi connectivity index (χ3n) is 5.94. The molecule has 6 heteroatoms. The van der Waals surface area contributed by atoms with Gasteiger partial charge in [0.1, 0.15) is 0 Å². The van der Waals surface area contributed by atoms with Gasteiger partial charge < -0.3 is 24.4 Å². The number of piperidine rings is 1. The second kappa shape index (κ2) is 9.35. The van der Waals surface area contributed by atoms with E-state index in [2.05, 4.69) is 44.0 Å². The van der Waals surface area contributed by atoms with Crippen LogP contribution in [0.25, 0.3) is 0 Å². The number of carbonyl (C=O) groups is 1. The lowest BCUT2D eigenvalue weighted by Gasteiger charge is -2.44. The summed E-state index contributed by atoms with van der Waals surface area (Å²) in [6, 6.07) is 4.55. The van der Waals surface area contributed by atoms with Crippen LogP contribution in [0.15, 0.2) is 12.1 Å². The summed E-state index contributed by atoms with van der Waals surface area (Å²) < 4.78 is 16.7. The normalized spacial score (nSPS) is 21.8. The summed E-state index contributed by atoms with van der Waals surface area (Å²) in [5.41, 5.74) is 2.45. The van der Waals surface area contributed by atoms with Crippen LogP contribution in [-0.2, 0) is 17.6 Å². The van der Waals surface area contributed by atoms with Gasteiger partial charge in [0, 0.05) is 25.3 Å². The summed E-state index contributed by atoms with van der Waals surface area (Å²) in [4.78, 5) is 14.9. The summed E-state index contributed by atoms with van der Waals surface area (Å²) in [6.45, 7) is 11.4. The number of nitrogens with one attached hydrogen (secondary N) is 1. The molecule has 1 aromatic carbocycles. The Balaban J connectivity index is 1.83. The largest absolute Gasteiger partial charge is 0.463 e. The molecule has 29 heavy (non-hydrogen) atoms. The van der Waals surface area contributed by atoms with Crippen molar-refractivity contribution >= 4 is 6.09 Å². The molecule has 2 atom stereocenters. The first-order chi connectivity index (χ1) is 13.8. The van der Waals surface area contributed by atoms with Gasteiger partial charge in [0.25, 0.3) is 0 Å². The van der Waals surface area contributed by atoms with Crippen LogP contribution in [0.4, 0.5) is 4.79 Å². The Labute approximate surface area is 174 Å².